The second-order valence-electron chi connectivity index (χ2n) is 7.14. The molecule has 2 fully saturated rings. The Bertz CT molecular complexity index is 870. The van der Waals surface area contributed by atoms with Crippen molar-refractivity contribution in [1.82, 2.24) is 14.5 Å². The number of nitrogens with two attached hydrogens (primary N) is 1. The van der Waals surface area contributed by atoms with Gasteiger partial charge in [-0.3, -0.25) is 0 Å². The highest BCUT2D eigenvalue weighted by atomic mass is 16.8. The first-order valence-electron chi connectivity index (χ1n) is 7.86. The first-order chi connectivity index (χ1) is 11.2. The van der Waals surface area contributed by atoms with Crippen molar-refractivity contribution in [1.29, 1.82) is 0 Å². The molecule has 1 aliphatic carbocycles. The van der Waals surface area contributed by atoms with Crippen molar-refractivity contribution < 1.29 is 14.6 Å². The highest BCUT2D eigenvalue weighted by molar-refractivity contribution is 5.86. The number of nitrogens with zero attached hydrogens (tertiary/aromatic N) is 3. The van der Waals surface area contributed by atoms with Crippen LogP contribution in [0, 0.1) is 12.3 Å². The minimum Gasteiger partial charge on any atom is -0.383 e. The predicted molar refractivity (Wildman–Crippen MR) is 87.8 cm³/mol. The summed E-state index contributed by atoms with van der Waals surface area (Å²) in [5, 5.41) is 11.8. The number of aromatic nitrogens is 3. The first kappa shape index (κ1) is 15.4. The summed E-state index contributed by atoms with van der Waals surface area (Å²) in [6.07, 6.45) is 8.84. The van der Waals surface area contributed by atoms with Crippen molar-refractivity contribution in [2.75, 3.05) is 5.73 Å². The van der Waals surface area contributed by atoms with Crippen LogP contribution in [0.25, 0.3) is 11.0 Å². The Kier molecular flexibility index (Phi) is 2.87. The zero-order valence-corrected chi connectivity index (χ0v) is 13.9. The number of aliphatic hydroxyl groups is 1. The van der Waals surface area contributed by atoms with Crippen molar-refractivity contribution in [3.63, 3.8) is 0 Å². The average molecular weight is 328 g/mol. The van der Waals surface area contributed by atoms with Crippen molar-refractivity contribution >= 4 is 16.9 Å². The number of nitrogen functional groups attached to an aromatic ring is 1. The van der Waals surface area contributed by atoms with E-state index in [9.17, 15) is 5.11 Å². The van der Waals surface area contributed by atoms with Crippen LogP contribution in [0.5, 0.6) is 0 Å². The van der Waals surface area contributed by atoms with Gasteiger partial charge < -0.3 is 24.9 Å². The Balaban J connectivity index is 1.87. The van der Waals surface area contributed by atoms with Gasteiger partial charge in [-0.1, -0.05) is 5.92 Å². The standard InChI is InChI=1S/C17H20N4O3/c1-5-17(22)8-11(12-16(17,4)24-15(2,3)23-12)21-7-6-10-13(18)19-9-20-14(10)21/h1,6-7,9,11-12,22H,8H2,2-4H3,(H2,18,19,20)/t11-,12+,16+,17-/m1/s1. The van der Waals surface area contributed by atoms with Crippen LogP contribution in [0.3, 0.4) is 0 Å². The molecule has 1 saturated carbocycles. The van der Waals surface area contributed by atoms with Gasteiger partial charge in [0, 0.05) is 12.6 Å². The SMILES string of the molecule is C#C[C@@]1(O)C[C@@H](n2ccc3c(N)ncnc32)[C@@H]2OC(C)(C)O[C@@]21C. The predicted octanol–water partition coefficient (Wildman–Crippen LogP) is 1.23. The van der Waals surface area contributed by atoms with Crippen LogP contribution >= 0.6 is 0 Å². The van der Waals surface area contributed by atoms with E-state index >= 15 is 0 Å². The van der Waals surface area contributed by atoms with Crippen LogP contribution in [0.1, 0.15) is 33.2 Å². The molecule has 1 saturated heterocycles. The number of rotatable bonds is 1. The molecule has 2 aromatic rings. The van der Waals surface area contributed by atoms with Gasteiger partial charge in [-0.15, -0.1) is 6.42 Å². The lowest BCUT2D eigenvalue weighted by Gasteiger charge is -2.34. The molecule has 0 unspecified atom stereocenters. The summed E-state index contributed by atoms with van der Waals surface area (Å²) in [6, 6.07) is 1.63. The number of terminal acetylenes is 1. The van der Waals surface area contributed by atoms with Gasteiger partial charge >= 0.3 is 0 Å². The fraction of sp³-hybridized carbons (Fsp3) is 0.529. The number of hydrogen-bond donors (Lipinski definition) is 2. The third kappa shape index (κ3) is 1.79. The Hall–Kier alpha value is -2.14. The fourth-order valence-corrected chi connectivity index (χ4v) is 4.09. The van der Waals surface area contributed by atoms with E-state index in [1.165, 1.54) is 6.33 Å². The molecule has 4 rings (SSSR count). The van der Waals surface area contributed by atoms with Gasteiger partial charge in [0.1, 0.15) is 29.5 Å². The van der Waals surface area contributed by atoms with Gasteiger partial charge in [0.15, 0.2) is 11.4 Å². The number of ether oxygens (including phenoxy) is 2. The Morgan fingerprint density at radius 2 is 2.17 bits per heavy atom. The molecule has 2 aliphatic rings. The molecular weight excluding hydrogens is 308 g/mol. The Labute approximate surface area is 139 Å². The molecule has 2 aromatic heterocycles. The summed E-state index contributed by atoms with van der Waals surface area (Å²) in [7, 11) is 0. The van der Waals surface area contributed by atoms with Gasteiger partial charge in [0.05, 0.1) is 11.4 Å². The molecule has 24 heavy (non-hydrogen) atoms. The molecule has 0 radical (unpaired) electrons. The molecule has 7 heteroatoms. The van der Waals surface area contributed by atoms with E-state index < -0.39 is 23.1 Å². The van der Waals surface area contributed by atoms with Crippen molar-refractivity contribution in [3.8, 4) is 12.3 Å². The van der Waals surface area contributed by atoms with Crippen LogP contribution < -0.4 is 5.73 Å². The van der Waals surface area contributed by atoms with E-state index in [1.54, 1.807) is 6.92 Å². The maximum Gasteiger partial charge on any atom is 0.164 e. The molecule has 3 heterocycles. The van der Waals surface area contributed by atoms with Gasteiger partial charge in [-0.2, -0.15) is 0 Å². The van der Waals surface area contributed by atoms with Crippen molar-refractivity contribution in [3.05, 3.63) is 18.6 Å². The molecule has 0 amide bonds. The molecule has 0 spiro atoms. The van der Waals surface area contributed by atoms with Gasteiger partial charge in [0.25, 0.3) is 0 Å². The quantitative estimate of drug-likeness (QED) is 0.765. The van der Waals surface area contributed by atoms with Gasteiger partial charge in [0.2, 0.25) is 0 Å². The second kappa shape index (κ2) is 4.48. The van der Waals surface area contributed by atoms with Crippen LogP contribution in [0.2, 0.25) is 0 Å². The summed E-state index contributed by atoms with van der Waals surface area (Å²) in [6.45, 7) is 5.44. The first-order valence-corrected chi connectivity index (χ1v) is 7.86. The highest BCUT2D eigenvalue weighted by Crippen LogP contribution is 2.56. The highest BCUT2D eigenvalue weighted by Gasteiger charge is 2.69. The second-order valence-corrected chi connectivity index (χ2v) is 7.14. The van der Waals surface area contributed by atoms with E-state index in [0.29, 0.717) is 17.9 Å². The number of hydrogen-bond acceptors (Lipinski definition) is 6. The summed E-state index contributed by atoms with van der Waals surface area (Å²) in [5.74, 6) is 2.10. The van der Waals surface area contributed by atoms with E-state index in [0.717, 1.165) is 5.39 Å². The lowest BCUT2D eigenvalue weighted by molar-refractivity contribution is -0.197. The van der Waals surface area contributed by atoms with Gasteiger partial charge in [-0.25, -0.2) is 9.97 Å². The summed E-state index contributed by atoms with van der Waals surface area (Å²) in [4.78, 5) is 8.35. The van der Waals surface area contributed by atoms with Crippen molar-refractivity contribution in [2.24, 2.45) is 0 Å². The van der Waals surface area contributed by atoms with E-state index in [2.05, 4.69) is 15.9 Å². The van der Waals surface area contributed by atoms with Crippen molar-refractivity contribution in [2.45, 2.75) is 56.3 Å². The van der Waals surface area contributed by atoms with Crippen LogP contribution in [-0.2, 0) is 9.47 Å². The molecule has 7 nitrogen and oxygen atoms in total. The van der Waals surface area contributed by atoms with E-state index in [1.807, 2.05) is 30.7 Å². The molecule has 1 aliphatic heterocycles. The normalized spacial score (nSPS) is 37.5. The minimum absolute atomic E-state index is 0.232. The maximum absolute atomic E-state index is 11.0. The Morgan fingerprint density at radius 1 is 1.42 bits per heavy atom. The van der Waals surface area contributed by atoms with Crippen LogP contribution in [0.4, 0.5) is 5.82 Å². The van der Waals surface area contributed by atoms with Crippen LogP contribution in [0.15, 0.2) is 18.6 Å². The summed E-state index contributed by atoms with van der Waals surface area (Å²) < 4.78 is 14.1. The largest absolute Gasteiger partial charge is 0.383 e. The summed E-state index contributed by atoms with van der Waals surface area (Å²) >= 11 is 0. The molecule has 4 atom stereocenters. The van der Waals surface area contributed by atoms with E-state index in [-0.39, 0.29) is 6.04 Å². The lowest BCUT2D eigenvalue weighted by atomic mass is 9.87. The van der Waals surface area contributed by atoms with Crippen LogP contribution in [-0.4, -0.2) is 42.7 Å². The maximum atomic E-state index is 11.0. The topological polar surface area (TPSA) is 95.4 Å². The zero-order chi connectivity index (χ0) is 17.3. The number of fused-ring (bicyclic) bond motifs is 2. The minimum atomic E-state index is -1.44. The Morgan fingerprint density at radius 3 is 2.88 bits per heavy atom. The third-order valence-electron chi connectivity index (χ3n) is 5.22. The third-order valence-corrected chi connectivity index (χ3v) is 5.22. The molecule has 126 valence electrons. The van der Waals surface area contributed by atoms with E-state index in [4.69, 9.17) is 21.6 Å². The zero-order valence-electron chi connectivity index (χ0n) is 13.9. The fourth-order valence-electron chi connectivity index (χ4n) is 4.09. The molecule has 0 bridgehead atoms. The number of anilines is 1. The van der Waals surface area contributed by atoms with Gasteiger partial charge in [-0.05, 0) is 26.8 Å². The molecular formula is C17H20N4O3. The monoisotopic (exact) mass is 328 g/mol. The smallest absolute Gasteiger partial charge is 0.164 e. The molecule has 3 N–H and O–H groups in total. The molecule has 0 aromatic carbocycles. The summed E-state index contributed by atoms with van der Waals surface area (Å²) in [5.41, 5.74) is 4.16. The lowest BCUT2D eigenvalue weighted by Crippen LogP contribution is -2.52. The average Bonchev–Trinajstić information content (AvgIpc) is 3.10.